The Labute approximate surface area is 139 Å². The first kappa shape index (κ1) is 15.4. The average Bonchev–Trinajstić information content (AvgIpc) is 2.86. The van der Waals surface area contributed by atoms with Crippen molar-refractivity contribution in [1.82, 2.24) is 15.3 Å². The van der Waals surface area contributed by atoms with E-state index in [2.05, 4.69) is 22.2 Å². The second-order valence-corrected chi connectivity index (χ2v) is 7.02. The van der Waals surface area contributed by atoms with E-state index in [9.17, 15) is 4.79 Å². The molecule has 0 bridgehead atoms. The van der Waals surface area contributed by atoms with Crippen LogP contribution in [-0.4, -0.2) is 28.2 Å². The van der Waals surface area contributed by atoms with Gasteiger partial charge in [-0.2, -0.15) is 11.8 Å². The zero-order valence-corrected chi connectivity index (χ0v) is 13.9. The molecule has 0 fully saturated rings. The van der Waals surface area contributed by atoms with Gasteiger partial charge in [-0.3, -0.25) is 4.79 Å². The molecule has 2 heterocycles. The number of amides is 1. The molecule has 1 aromatic heterocycles. The monoisotopic (exact) mass is 335 g/mol. The minimum atomic E-state index is -0.0875. The zero-order chi connectivity index (χ0) is 15.5. The molecule has 0 saturated carbocycles. The van der Waals surface area contributed by atoms with Crippen LogP contribution in [0.15, 0.2) is 24.3 Å². The Bertz CT molecular complexity index is 669. The summed E-state index contributed by atoms with van der Waals surface area (Å²) in [7, 11) is 0. The van der Waals surface area contributed by atoms with Crippen LogP contribution in [0, 0.1) is 0 Å². The van der Waals surface area contributed by atoms with Crippen molar-refractivity contribution in [2.24, 2.45) is 0 Å². The van der Waals surface area contributed by atoms with E-state index < -0.39 is 0 Å². The lowest BCUT2D eigenvalue weighted by molar-refractivity contribution is 0.0950. The number of fused-ring (bicyclic) bond motifs is 1. The number of imidazole rings is 1. The Morgan fingerprint density at radius 2 is 2.14 bits per heavy atom. The standard InChI is InChI=1S/C16H18ClN3OS/c1-2-22-9-14-19-13-7-11(8-18-16(21)15(13)20-14)10-3-5-12(17)6-4-10/h3-6,11H,2,7-9H2,1H3,(H,18,21)(H,19,20)/t11-/m1/s1. The van der Waals surface area contributed by atoms with Gasteiger partial charge in [0.2, 0.25) is 0 Å². The van der Waals surface area contributed by atoms with Gasteiger partial charge >= 0.3 is 0 Å². The second-order valence-electron chi connectivity index (χ2n) is 5.31. The Kier molecular flexibility index (Phi) is 4.74. The van der Waals surface area contributed by atoms with Gasteiger partial charge in [0.15, 0.2) is 0 Å². The Morgan fingerprint density at radius 1 is 1.36 bits per heavy atom. The summed E-state index contributed by atoms with van der Waals surface area (Å²) < 4.78 is 0. The van der Waals surface area contributed by atoms with Gasteiger partial charge in [-0.1, -0.05) is 30.7 Å². The predicted octanol–water partition coefficient (Wildman–Crippen LogP) is 3.39. The lowest BCUT2D eigenvalue weighted by Crippen LogP contribution is -2.26. The number of carbonyl (C=O) groups excluding carboxylic acids is 1. The van der Waals surface area contributed by atoms with Crippen molar-refractivity contribution in [3.8, 4) is 0 Å². The number of carbonyl (C=O) groups is 1. The van der Waals surface area contributed by atoms with Gasteiger partial charge in [0, 0.05) is 23.2 Å². The quantitative estimate of drug-likeness (QED) is 0.900. The molecule has 22 heavy (non-hydrogen) atoms. The lowest BCUT2D eigenvalue weighted by Gasteiger charge is -2.14. The minimum Gasteiger partial charge on any atom is -0.350 e. The molecule has 4 nitrogen and oxygen atoms in total. The normalized spacial score (nSPS) is 17.7. The number of nitrogens with zero attached hydrogens (tertiary/aromatic N) is 1. The second kappa shape index (κ2) is 6.75. The highest BCUT2D eigenvalue weighted by Crippen LogP contribution is 2.26. The van der Waals surface area contributed by atoms with Crippen LogP contribution in [0.5, 0.6) is 0 Å². The molecule has 1 aliphatic rings. The molecule has 116 valence electrons. The highest BCUT2D eigenvalue weighted by Gasteiger charge is 2.26. The highest BCUT2D eigenvalue weighted by molar-refractivity contribution is 7.98. The molecule has 1 aliphatic heterocycles. The summed E-state index contributed by atoms with van der Waals surface area (Å²) in [5.41, 5.74) is 2.65. The number of halogens is 1. The fourth-order valence-corrected chi connectivity index (χ4v) is 3.32. The first-order valence-electron chi connectivity index (χ1n) is 7.36. The molecular formula is C16H18ClN3OS. The third-order valence-corrected chi connectivity index (χ3v) is 4.92. The van der Waals surface area contributed by atoms with Crippen LogP contribution >= 0.6 is 23.4 Å². The molecular weight excluding hydrogens is 318 g/mol. The largest absolute Gasteiger partial charge is 0.350 e. The maximum atomic E-state index is 12.2. The summed E-state index contributed by atoms with van der Waals surface area (Å²) in [6.45, 7) is 2.73. The van der Waals surface area contributed by atoms with E-state index in [4.69, 9.17) is 11.6 Å². The lowest BCUT2D eigenvalue weighted by atomic mass is 9.94. The summed E-state index contributed by atoms with van der Waals surface area (Å²) in [5, 5.41) is 3.70. The summed E-state index contributed by atoms with van der Waals surface area (Å²) in [6.07, 6.45) is 0.777. The Hall–Kier alpha value is -1.46. The van der Waals surface area contributed by atoms with Crippen LogP contribution in [-0.2, 0) is 12.2 Å². The number of H-pyrrole nitrogens is 1. The van der Waals surface area contributed by atoms with E-state index >= 15 is 0 Å². The third-order valence-electron chi connectivity index (χ3n) is 3.79. The topological polar surface area (TPSA) is 57.8 Å². The molecule has 0 unspecified atom stereocenters. The first-order chi connectivity index (χ1) is 10.7. The van der Waals surface area contributed by atoms with Gasteiger partial charge in [-0.05, 0) is 29.9 Å². The number of aromatic amines is 1. The molecule has 2 aromatic rings. The maximum absolute atomic E-state index is 12.2. The number of hydrogen-bond donors (Lipinski definition) is 2. The molecule has 3 rings (SSSR count). The number of thioether (sulfide) groups is 1. The zero-order valence-electron chi connectivity index (χ0n) is 12.4. The van der Waals surface area contributed by atoms with Crippen LogP contribution in [0.2, 0.25) is 5.02 Å². The van der Waals surface area contributed by atoms with Crippen molar-refractivity contribution < 1.29 is 4.79 Å². The molecule has 1 atom stereocenters. The average molecular weight is 336 g/mol. The number of rotatable bonds is 4. The molecule has 0 saturated heterocycles. The van der Waals surface area contributed by atoms with Gasteiger partial charge in [0.1, 0.15) is 11.5 Å². The third kappa shape index (κ3) is 3.31. The van der Waals surface area contributed by atoms with E-state index in [1.54, 1.807) is 11.8 Å². The number of hydrogen-bond acceptors (Lipinski definition) is 3. The van der Waals surface area contributed by atoms with Crippen molar-refractivity contribution >= 4 is 29.3 Å². The van der Waals surface area contributed by atoms with Crippen molar-refractivity contribution in [3.63, 3.8) is 0 Å². The van der Waals surface area contributed by atoms with Gasteiger partial charge in [-0.15, -0.1) is 0 Å². The van der Waals surface area contributed by atoms with Crippen molar-refractivity contribution in [3.05, 3.63) is 52.1 Å². The summed E-state index contributed by atoms with van der Waals surface area (Å²) in [4.78, 5) is 20.0. The predicted molar refractivity (Wildman–Crippen MR) is 90.7 cm³/mol. The van der Waals surface area contributed by atoms with E-state index in [1.165, 1.54) is 5.56 Å². The van der Waals surface area contributed by atoms with Gasteiger partial charge < -0.3 is 10.3 Å². The van der Waals surface area contributed by atoms with Crippen molar-refractivity contribution in [2.75, 3.05) is 12.3 Å². The molecule has 1 aromatic carbocycles. The Balaban J connectivity index is 1.85. The number of nitrogens with one attached hydrogen (secondary N) is 2. The molecule has 2 N–H and O–H groups in total. The molecule has 0 spiro atoms. The molecule has 0 aliphatic carbocycles. The van der Waals surface area contributed by atoms with E-state index in [1.807, 2.05) is 24.3 Å². The molecule has 1 amide bonds. The van der Waals surface area contributed by atoms with Crippen LogP contribution in [0.1, 0.15) is 40.4 Å². The fourth-order valence-electron chi connectivity index (χ4n) is 2.66. The number of benzene rings is 1. The van der Waals surface area contributed by atoms with E-state index in [-0.39, 0.29) is 11.8 Å². The molecule has 0 radical (unpaired) electrons. The Morgan fingerprint density at radius 3 is 2.86 bits per heavy atom. The maximum Gasteiger partial charge on any atom is 0.271 e. The number of aromatic nitrogens is 2. The van der Waals surface area contributed by atoms with Crippen LogP contribution in [0.3, 0.4) is 0 Å². The van der Waals surface area contributed by atoms with E-state index in [0.29, 0.717) is 12.2 Å². The van der Waals surface area contributed by atoms with Crippen LogP contribution < -0.4 is 5.32 Å². The first-order valence-corrected chi connectivity index (χ1v) is 8.89. The van der Waals surface area contributed by atoms with Crippen LogP contribution in [0.4, 0.5) is 0 Å². The summed E-state index contributed by atoms with van der Waals surface area (Å²) in [5.74, 6) is 2.86. The van der Waals surface area contributed by atoms with Crippen LogP contribution in [0.25, 0.3) is 0 Å². The smallest absolute Gasteiger partial charge is 0.271 e. The van der Waals surface area contributed by atoms with Crippen molar-refractivity contribution in [2.45, 2.75) is 25.0 Å². The van der Waals surface area contributed by atoms with Gasteiger partial charge in [0.25, 0.3) is 5.91 Å². The SMILES string of the molecule is CCSCc1nc2c([nH]1)C[C@@H](c1ccc(Cl)cc1)CNC2=O. The van der Waals surface area contributed by atoms with Gasteiger partial charge in [0.05, 0.1) is 5.75 Å². The fraction of sp³-hybridized carbons (Fsp3) is 0.375. The minimum absolute atomic E-state index is 0.0875. The highest BCUT2D eigenvalue weighted by atomic mass is 35.5. The van der Waals surface area contributed by atoms with Crippen molar-refractivity contribution in [1.29, 1.82) is 0 Å². The summed E-state index contributed by atoms with van der Waals surface area (Å²) in [6, 6.07) is 7.82. The van der Waals surface area contributed by atoms with E-state index in [0.717, 1.165) is 34.5 Å². The summed E-state index contributed by atoms with van der Waals surface area (Å²) >= 11 is 7.74. The molecule has 6 heteroatoms. The van der Waals surface area contributed by atoms with Gasteiger partial charge in [-0.25, -0.2) is 4.98 Å².